The largest absolute Gasteiger partial charge is 0.286 e. The number of hydrogen-bond acceptors (Lipinski definition) is 5. The second-order valence-corrected chi connectivity index (χ2v) is 5.50. The van der Waals surface area contributed by atoms with Crippen molar-refractivity contribution in [1.82, 2.24) is 15.2 Å². The lowest BCUT2D eigenvalue weighted by atomic mass is 10.6. The summed E-state index contributed by atoms with van der Waals surface area (Å²) in [4.78, 5) is 3.90. The highest BCUT2D eigenvalue weighted by atomic mass is 32.2. The predicted octanol–water partition coefficient (Wildman–Crippen LogP) is 0.837. The van der Waals surface area contributed by atoms with E-state index in [1.54, 1.807) is 0 Å². The number of nitrogens with zero attached hydrogens (tertiary/aromatic N) is 1. The Hall–Kier alpha value is -0.380. The first-order valence-electron chi connectivity index (χ1n) is 3.70. The molecule has 6 nitrogen and oxygen atoms in total. The summed E-state index contributed by atoms with van der Waals surface area (Å²) in [5.74, 6) is 0.321. The maximum atomic E-state index is 10.3. The van der Waals surface area contributed by atoms with Gasteiger partial charge in [0.1, 0.15) is 0 Å². The van der Waals surface area contributed by atoms with Crippen molar-refractivity contribution in [3.05, 3.63) is 4.77 Å². The van der Waals surface area contributed by atoms with Crippen molar-refractivity contribution < 1.29 is 13.0 Å². The van der Waals surface area contributed by atoms with E-state index in [0.29, 0.717) is 22.1 Å². The third-order valence-electron chi connectivity index (χ3n) is 1.26. The first kappa shape index (κ1) is 11.7. The van der Waals surface area contributed by atoms with E-state index in [-0.39, 0.29) is 5.75 Å². The standard InChI is InChI=1S/C5H9N3O3S3/c9-14(10,11)3-1-2-13-5-6-4(12)7-8-5/h1-3H2,(H,9,10,11)(H2,6,7,8,12). The molecule has 1 aromatic rings. The Morgan fingerprint density at radius 3 is 2.71 bits per heavy atom. The molecule has 0 amide bonds. The molecule has 0 bridgehead atoms. The lowest BCUT2D eigenvalue weighted by Crippen LogP contribution is -2.04. The van der Waals surface area contributed by atoms with E-state index < -0.39 is 10.1 Å². The van der Waals surface area contributed by atoms with Crippen molar-refractivity contribution in [2.24, 2.45) is 0 Å². The van der Waals surface area contributed by atoms with Crippen molar-refractivity contribution in [2.45, 2.75) is 11.6 Å². The van der Waals surface area contributed by atoms with Crippen LogP contribution in [0.2, 0.25) is 0 Å². The Kier molecular flexibility index (Phi) is 4.11. The number of H-pyrrole nitrogens is 2. The van der Waals surface area contributed by atoms with Crippen LogP contribution in [0.5, 0.6) is 0 Å². The summed E-state index contributed by atoms with van der Waals surface area (Å²) in [5, 5.41) is 5.95. The molecule has 0 radical (unpaired) electrons. The molecule has 0 saturated carbocycles. The van der Waals surface area contributed by atoms with E-state index in [4.69, 9.17) is 16.8 Å². The van der Waals surface area contributed by atoms with Gasteiger partial charge in [-0.1, -0.05) is 11.8 Å². The summed E-state index contributed by atoms with van der Waals surface area (Å²) in [6, 6.07) is 0. The molecule has 9 heteroatoms. The van der Waals surface area contributed by atoms with Crippen molar-refractivity contribution in [1.29, 1.82) is 0 Å². The van der Waals surface area contributed by atoms with Gasteiger partial charge in [0.2, 0.25) is 4.77 Å². The van der Waals surface area contributed by atoms with Crippen LogP contribution in [0.1, 0.15) is 6.42 Å². The molecule has 1 aromatic heterocycles. The lowest BCUT2D eigenvalue weighted by molar-refractivity contribution is 0.482. The topological polar surface area (TPSA) is 98.8 Å². The van der Waals surface area contributed by atoms with Crippen LogP contribution in [0.4, 0.5) is 0 Å². The van der Waals surface area contributed by atoms with Gasteiger partial charge < -0.3 is 0 Å². The smallest absolute Gasteiger partial charge is 0.264 e. The fraction of sp³-hybridized carbons (Fsp3) is 0.600. The Morgan fingerprint density at radius 1 is 1.50 bits per heavy atom. The first-order chi connectivity index (χ1) is 6.47. The maximum Gasteiger partial charge on any atom is 0.264 e. The van der Waals surface area contributed by atoms with Crippen molar-refractivity contribution >= 4 is 34.1 Å². The fourth-order valence-corrected chi connectivity index (χ4v) is 2.39. The molecule has 0 saturated heterocycles. The summed E-state index contributed by atoms with van der Waals surface area (Å²) in [6.07, 6.45) is 0.372. The van der Waals surface area contributed by atoms with E-state index >= 15 is 0 Å². The number of aromatic nitrogens is 3. The van der Waals surface area contributed by atoms with E-state index in [1.807, 2.05) is 0 Å². The molecule has 0 spiro atoms. The molecule has 0 aliphatic carbocycles. The Balaban J connectivity index is 2.26. The van der Waals surface area contributed by atoms with Crippen molar-refractivity contribution in [3.63, 3.8) is 0 Å². The third-order valence-corrected chi connectivity index (χ3v) is 3.22. The molecule has 1 rings (SSSR count). The van der Waals surface area contributed by atoms with Crippen LogP contribution >= 0.6 is 24.0 Å². The minimum atomic E-state index is -3.85. The van der Waals surface area contributed by atoms with Gasteiger partial charge in [-0.2, -0.15) is 13.4 Å². The van der Waals surface area contributed by atoms with Crippen LogP contribution in [0.3, 0.4) is 0 Å². The van der Waals surface area contributed by atoms with E-state index in [9.17, 15) is 8.42 Å². The van der Waals surface area contributed by atoms with Crippen LogP contribution < -0.4 is 0 Å². The van der Waals surface area contributed by atoms with Crippen LogP contribution in [0.15, 0.2) is 5.16 Å². The van der Waals surface area contributed by atoms with Gasteiger partial charge in [0, 0.05) is 5.75 Å². The van der Waals surface area contributed by atoms with Crippen molar-refractivity contribution in [2.75, 3.05) is 11.5 Å². The third kappa shape index (κ3) is 4.74. The second kappa shape index (κ2) is 4.91. The number of rotatable bonds is 5. The maximum absolute atomic E-state index is 10.3. The summed E-state index contributed by atoms with van der Waals surface area (Å²) in [6.45, 7) is 0. The van der Waals surface area contributed by atoms with Gasteiger partial charge >= 0.3 is 0 Å². The molecule has 1 heterocycles. The molecule has 0 fully saturated rings. The van der Waals surface area contributed by atoms with Crippen molar-refractivity contribution in [3.8, 4) is 0 Å². The first-order valence-corrected chi connectivity index (χ1v) is 6.70. The highest BCUT2D eigenvalue weighted by Crippen LogP contribution is 2.12. The monoisotopic (exact) mass is 255 g/mol. The summed E-state index contributed by atoms with van der Waals surface area (Å²) in [5.41, 5.74) is 0. The minimum absolute atomic E-state index is 0.231. The van der Waals surface area contributed by atoms with E-state index in [0.717, 1.165) is 0 Å². The summed E-state index contributed by atoms with van der Waals surface area (Å²) < 4.78 is 29.5. The molecule has 0 unspecified atom stereocenters. The Bertz CT molecular complexity index is 434. The van der Waals surface area contributed by atoms with Crippen LogP contribution in [-0.4, -0.2) is 39.7 Å². The highest BCUT2D eigenvalue weighted by molar-refractivity contribution is 7.99. The molecule has 0 aliphatic rings. The number of thioether (sulfide) groups is 1. The van der Waals surface area contributed by atoms with E-state index in [2.05, 4.69) is 15.2 Å². The molecule has 0 aliphatic heterocycles. The van der Waals surface area contributed by atoms with Crippen LogP contribution in [0.25, 0.3) is 0 Å². The van der Waals surface area contributed by atoms with E-state index in [1.165, 1.54) is 11.8 Å². The zero-order valence-corrected chi connectivity index (χ0v) is 9.51. The zero-order valence-electron chi connectivity index (χ0n) is 7.06. The molecular weight excluding hydrogens is 246 g/mol. The number of nitrogens with one attached hydrogen (secondary N) is 2. The molecular formula is C5H9N3O3S3. The van der Waals surface area contributed by atoms with Gasteiger partial charge in [-0.3, -0.25) is 14.8 Å². The lowest BCUT2D eigenvalue weighted by Gasteiger charge is -1.95. The molecule has 0 aromatic carbocycles. The average Bonchev–Trinajstić information content (AvgIpc) is 2.44. The number of hydrogen-bond donors (Lipinski definition) is 3. The summed E-state index contributed by atoms with van der Waals surface area (Å²) >= 11 is 6.07. The fourth-order valence-electron chi connectivity index (χ4n) is 0.734. The van der Waals surface area contributed by atoms with Crippen LogP contribution in [0, 0.1) is 4.77 Å². The second-order valence-electron chi connectivity index (χ2n) is 2.46. The highest BCUT2D eigenvalue weighted by Gasteiger charge is 2.04. The van der Waals surface area contributed by atoms with Gasteiger partial charge in [0.15, 0.2) is 5.16 Å². The molecule has 3 N–H and O–H groups in total. The van der Waals surface area contributed by atoms with Gasteiger partial charge in [-0.05, 0) is 18.6 Å². The SMILES string of the molecule is O=S(=O)(O)CCCSc1nc(=S)[nH][nH]1. The normalized spacial score (nSPS) is 11.8. The molecule has 14 heavy (non-hydrogen) atoms. The van der Waals surface area contributed by atoms with Gasteiger partial charge in [0.25, 0.3) is 10.1 Å². The van der Waals surface area contributed by atoms with Gasteiger partial charge in [-0.15, -0.1) is 0 Å². The van der Waals surface area contributed by atoms with Gasteiger partial charge in [-0.25, -0.2) is 0 Å². The zero-order chi connectivity index (χ0) is 10.6. The Morgan fingerprint density at radius 2 is 2.21 bits per heavy atom. The average molecular weight is 255 g/mol. The van der Waals surface area contributed by atoms with Gasteiger partial charge in [0.05, 0.1) is 5.75 Å². The quantitative estimate of drug-likeness (QED) is 0.312. The minimum Gasteiger partial charge on any atom is -0.286 e. The summed E-state index contributed by atoms with van der Waals surface area (Å²) in [7, 11) is -3.85. The number of aromatic amines is 2. The molecule has 0 atom stereocenters. The predicted molar refractivity (Wildman–Crippen MR) is 55.5 cm³/mol. The Labute approximate surface area is 90.3 Å². The van der Waals surface area contributed by atoms with Crippen LogP contribution in [-0.2, 0) is 10.1 Å². The molecule has 80 valence electrons.